The fourth-order valence-electron chi connectivity index (χ4n) is 5.05. The molecule has 32 heavy (non-hydrogen) atoms. The number of carbonyl (C=O) groups excluding carboxylic acids is 4. The summed E-state index contributed by atoms with van der Waals surface area (Å²) in [6.07, 6.45) is -2.12. The molecule has 4 rings (SSSR count). The standard InChI is InChI=1S/C22H24F3N3O4/c1-21(8-2-3-9-21)20(22(23,24)25)27-17(30)12-4-5-14-13(10-12)11-28(19(14)32)15-6-7-16(29)26-18(15)31/h4-5,10,15,20H,2-3,6-9,11H2,1H3,(H,27,30)(H,26,29,31)/t15?,20-/m1/s1. The first-order valence-electron chi connectivity index (χ1n) is 10.6. The van der Waals surface area contributed by atoms with Gasteiger partial charge in [-0.2, -0.15) is 13.2 Å². The van der Waals surface area contributed by atoms with Crippen molar-refractivity contribution in [3.05, 3.63) is 34.9 Å². The Balaban J connectivity index is 1.53. The van der Waals surface area contributed by atoms with Gasteiger partial charge in [0.2, 0.25) is 11.8 Å². The summed E-state index contributed by atoms with van der Waals surface area (Å²) in [5.74, 6) is -2.22. The van der Waals surface area contributed by atoms with Gasteiger partial charge in [0.05, 0.1) is 0 Å². The minimum absolute atomic E-state index is 0.0255. The third kappa shape index (κ3) is 3.98. The molecule has 4 amide bonds. The van der Waals surface area contributed by atoms with E-state index in [1.807, 2.05) is 0 Å². The first-order valence-corrected chi connectivity index (χ1v) is 10.6. The average molecular weight is 451 g/mol. The quantitative estimate of drug-likeness (QED) is 0.688. The second-order valence-electron chi connectivity index (χ2n) is 9.08. The molecular weight excluding hydrogens is 427 g/mol. The largest absolute Gasteiger partial charge is 0.409 e. The van der Waals surface area contributed by atoms with Gasteiger partial charge >= 0.3 is 6.18 Å². The minimum atomic E-state index is -4.58. The average Bonchev–Trinajstić information content (AvgIpc) is 3.29. The van der Waals surface area contributed by atoms with Crippen LogP contribution in [0.3, 0.4) is 0 Å². The van der Waals surface area contributed by atoms with Crippen molar-refractivity contribution < 1.29 is 32.3 Å². The molecule has 7 nitrogen and oxygen atoms in total. The fraction of sp³-hybridized carbons (Fsp3) is 0.545. The van der Waals surface area contributed by atoms with E-state index in [-0.39, 0.29) is 24.9 Å². The van der Waals surface area contributed by atoms with E-state index in [1.54, 1.807) is 6.92 Å². The van der Waals surface area contributed by atoms with Crippen LogP contribution in [0.5, 0.6) is 0 Å². The number of alkyl halides is 3. The number of amides is 4. The molecule has 2 N–H and O–H groups in total. The highest BCUT2D eigenvalue weighted by Gasteiger charge is 2.53. The molecule has 1 aliphatic carbocycles. The van der Waals surface area contributed by atoms with Crippen LogP contribution in [0.4, 0.5) is 13.2 Å². The van der Waals surface area contributed by atoms with Gasteiger partial charge in [-0.15, -0.1) is 0 Å². The summed E-state index contributed by atoms with van der Waals surface area (Å²) < 4.78 is 41.3. The Morgan fingerprint density at radius 2 is 1.91 bits per heavy atom. The third-order valence-corrected chi connectivity index (χ3v) is 6.83. The van der Waals surface area contributed by atoms with Gasteiger partial charge in [-0.1, -0.05) is 19.8 Å². The summed E-state index contributed by atoms with van der Waals surface area (Å²) in [5, 5.41) is 4.39. The monoisotopic (exact) mass is 451 g/mol. The molecule has 1 unspecified atom stereocenters. The number of carbonyl (C=O) groups is 4. The fourth-order valence-corrected chi connectivity index (χ4v) is 5.05. The van der Waals surface area contributed by atoms with Gasteiger partial charge in [0.25, 0.3) is 11.8 Å². The van der Waals surface area contributed by atoms with Crippen LogP contribution < -0.4 is 10.6 Å². The normalized spacial score (nSPS) is 23.7. The molecule has 2 fully saturated rings. The van der Waals surface area contributed by atoms with Gasteiger partial charge in [0.15, 0.2) is 0 Å². The smallest absolute Gasteiger partial charge is 0.340 e. The second kappa shape index (κ2) is 7.90. The van der Waals surface area contributed by atoms with Crippen LogP contribution >= 0.6 is 0 Å². The molecule has 0 radical (unpaired) electrons. The van der Waals surface area contributed by atoms with Crippen molar-refractivity contribution in [2.75, 3.05) is 0 Å². The second-order valence-corrected chi connectivity index (χ2v) is 9.08. The van der Waals surface area contributed by atoms with Crippen LogP contribution in [0.25, 0.3) is 0 Å². The Kier molecular flexibility index (Phi) is 5.50. The first-order chi connectivity index (χ1) is 15.0. The van der Waals surface area contributed by atoms with E-state index in [9.17, 15) is 32.3 Å². The Hall–Kier alpha value is -2.91. The molecule has 1 saturated heterocycles. The highest BCUT2D eigenvalue weighted by molar-refractivity contribution is 6.06. The first kappa shape index (κ1) is 22.3. The SMILES string of the molecule is CC1([C@@H](NC(=O)c2ccc3c(c2)CN(C2CCC(=O)NC2=O)C3=O)C(F)(F)F)CCCC1. The molecule has 1 saturated carbocycles. The van der Waals surface area contributed by atoms with Gasteiger partial charge in [-0.3, -0.25) is 24.5 Å². The van der Waals surface area contributed by atoms with E-state index in [1.165, 1.54) is 23.1 Å². The number of piperidine rings is 1. The van der Waals surface area contributed by atoms with Crippen molar-refractivity contribution in [2.24, 2.45) is 5.41 Å². The summed E-state index contributed by atoms with van der Waals surface area (Å²) in [4.78, 5) is 50.3. The van der Waals surface area contributed by atoms with Crippen LogP contribution in [0, 0.1) is 5.41 Å². The topological polar surface area (TPSA) is 95.6 Å². The lowest BCUT2D eigenvalue weighted by atomic mass is 9.80. The maximum absolute atomic E-state index is 13.8. The highest BCUT2D eigenvalue weighted by Crippen LogP contribution is 2.46. The van der Waals surface area contributed by atoms with Crippen LogP contribution in [0.1, 0.15) is 71.7 Å². The van der Waals surface area contributed by atoms with Crippen molar-refractivity contribution in [2.45, 2.75) is 70.3 Å². The lowest BCUT2D eigenvalue weighted by molar-refractivity contribution is -0.178. The Bertz CT molecular complexity index is 985. The summed E-state index contributed by atoms with van der Waals surface area (Å²) in [7, 11) is 0. The number of nitrogens with one attached hydrogen (secondary N) is 2. The van der Waals surface area contributed by atoms with Gasteiger partial charge in [0, 0.05) is 24.1 Å². The van der Waals surface area contributed by atoms with E-state index < -0.39 is 47.3 Å². The molecule has 0 aromatic heterocycles. The minimum Gasteiger partial charge on any atom is -0.340 e. The molecule has 3 aliphatic rings. The Morgan fingerprint density at radius 1 is 1.22 bits per heavy atom. The van der Waals surface area contributed by atoms with E-state index in [0.717, 1.165) is 0 Å². The molecule has 2 atom stereocenters. The van der Waals surface area contributed by atoms with Crippen molar-refractivity contribution in [1.29, 1.82) is 0 Å². The predicted octanol–water partition coefficient (Wildman–Crippen LogP) is 2.69. The summed E-state index contributed by atoms with van der Waals surface area (Å²) in [6.45, 7) is 1.60. The Labute approximate surface area is 182 Å². The van der Waals surface area contributed by atoms with Crippen molar-refractivity contribution in [3.8, 4) is 0 Å². The number of hydrogen-bond donors (Lipinski definition) is 2. The number of hydrogen-bond acceptors (Lipinski definition) is 4. The number of imide groups is 1. The number of halogens is 3. The van der Waals surface area contributed by atoms with Crippen LogP contribution in [-0.4, -0.2) is 46.8 Å². The summed E-state index contributed by atoms with van der Waals surface area (Å²) in [5.41, 5.74) is -0.273. The zero-order valence-electron chi connectivity index (χ0n) is 17.6. The molecule has 1 aromatic rings. The maximum Gasteiger partial charge on any atom is 0.409 e. The molecule has 1 aromatic carbocycles. The Morgan fingerprint density at radius 3 is 2.53 bits per heavy atom. The van der Waals surface area contributed by atoms with Gasteiger partial charge in [-0.25, -0.2) is 0 Å². The predicted molar refractivity (Wildman–Crippen MR) is 106 cm³/mol. The number of benzene rings is 1. The molecule has 10 heteroatoms. The molecule has 2 aliphatic heterocycles. The zero-order valence-corrected chi connectivity index (χ0v) is 17.6. The van der Waals surface area contributed by atoms with E-state index >= 15 is 0 Å². The molecular formula is C22H24F3N3O4. The summed E-state index contributed by atoms with van der Waals surface area (Å²) in [6, 6.07) is 1.36. The van der Waals surface area contributed by atoms with Crippen molar-refractivity contribution in [1.82, 2.24) is 15.5 Å². The van der Waals surface area contributed by atoms with Gasteiger partial charge in [0.1, 0.15) is 12.1 Å². The third-order valence-electron chi connectivity index (χ3n) is 6.83. The van der Waals surface area contributed by atoms with Gasteiger partial charge in [-0.05, 0) is 48.4 Å². The lowest BCUT2D eigenvalue weighted by Gasteiger charge is -2.36. The molecule has 172 valence electrons. The van der Waals surface area contributed by atoms with Crippen LogP contribution in [-0.2, 0) is 16.1 Å². The molecule has 2 heterocycles. The van der Waals surface area contributed by atoms with E-state index in [4.69, 9.17) is 0 Å². The maximum atomic E-state index is 13.8. The number of fused-ring (bicyclic) bond motifs is 1. The molecule has 0 spiro atoms. The van der Waals surface area contributed by atoms with Crippen molar-refractivity contribution >= 4 is 23.6 Å². The molecule has 0 bridgehead atoms. The van der Waals surface area contributed by atoms with E-state index in [2.05, 4.69) is 10.6 Å². The van der Waals surface area contributed by atoms with E-state index in [0.29, 0.717) is 36.8 Å². The highest BCUT2D eigenvalue weighted by atomic mass is 19.4. The number of rotatable bonds is 4. The summed E-state index contributed by atoms with van der Waals surface area (Å²) >= 11 is 0. The number of nitrogens with zero attached hydrogens (tertiary/aromatic N) is 1. The van der Waals surface area contributed by atoms with Crippen LogP contribution in [0.15, 0.2) is 18.2 Å². The van der Waals surface area contributed by atoms with Crippen LogP contribution in [0.2, 0.25) is 0 Å². The zero-order chi connectivity index (χ0) is 23.3. The lowest BCUT2D eigenvalue weighted by Crippen LogP contribution is -2.54. The van der Waals surface area contributed by atoms with Crippen molar-refractivity contribution in [3.63, 3.8) is 0 Å². The van der Waals surface area contributed by atoms with Gasteiger partial charge < -0.3 is 10.2 Å².